The van der Waals surface area contributed by atoms with Gasteiger partial charge in [0.15, 0.2) is 0 Å². The maximum absolute atomic E-state index is 12.1. The van der Waals surface area contributed by atoms with Crippen molar-refractivity contribution in [1.82, 2.24) is 14.7 Å². The van der Waals surface area contributed by atoms with Crippen LogP contribution in [0.3, 0.4) is 0 Å². The van der Waals surface area contributed by atoms with E-state index >= 15 is 0 Å². The van der Waals surface area contributed by atoms with Gasteiger partial charge in [0.05, 0.1) is 5.69 Å². The fraction of sp³-hybridized carbons (Fsp3) is 0.167. The van der Waals surface area contributed by atoms with Crippen molar-refractivity contribution in [1.29, 1.82) is 0 Å². The van der Waals surface area contributed by atoms with Crippen molar-refractivity contribution < 1.29 is 9.59 Å². The number of hydrogen-bond acceptors (Lipinski definition) is 3. The second-order valence-electron chi connectivity index (χ2n) is 5.60. The number of fused-ring (bicyclic) bond motifs is 1. The third kappa shape index (κ3) is 3.78. The molecule has 2 heterocycles. The molecule has 6 heteroatoms. The number of benzene rings is 1. The zero-order chi connectivity index (χ0) is 16.9. The second-order valence-corrected chi connectivity index (χ2v) is 5.60. The Morgan fingerprint density at radius 3 is 2.75 bits per heavy atom. The monoisotopic (exact) mass is 322 g/mol. The predicted octanol–water partition coefficient (Wildman–Crippen LogP) is 2.48. The van der Waals surface area contributed by atoms with Crippen LogP contribution in [0.25, 0.3) is 5.65 Å². The number of amides is 2. The molecule has 0 spiro atoms. The zero-order valence-electron chi connectivity index (χ0n) is 13.3. The molecule has 2 amide bonds. The molecular formula is C18H18N4O2. The first kappa shape index (κ1) is 15.7. The van der Waals surface area contributed by atoms with Crippen molar-refractivity contribution in [3.63, 3.8) is 0 Å². The van der Waals surface area contributed by atoms with Gasteiger partial charge in [-0.05, 0) is 31.2 Å². The van der Waals surface area contributed by atoms with Crippen LogP contribution in [0.4, 0.5) is 5.69 Å². The van der Waals surface area contributed by atoms with E-state index in [0.717, 1.165) is 5.65 Å². The van der Waals surface area contributed by atoms with E-state index in [2.05, 4.69) is 15.6 Å². The Hall–Kier alpha value is -3.15. The quantitative estimate of drug-likeness (QED) is 0.758. The van der Waals surface area contributed by atoms with Crippen LogP contribution >= 0.6 is 0 Å². The number of rotatable bonds is 5. The number of carbonyl (C=O) groups excluding carboxylic acids is 2. The molecule has 0 aliphatic rings. The molecule has 0 fully saturated rings. The van der Waals surface area contributed by atoms with Gasteiger partial charge in [0.2, 0.25) is 5.91 Å². The maximum atomic E-state index is 12.1. The van der Waals surface area contributed by atoms with Gasteiger partial charge < -0.3 is 15.0 Å². The molecule has 122 valence electrons. The molecule has 0 bridgehead atoms. The minimum Gasteiger partial charge on any atom is -0.349 e. The molecule has 2 aromatic heterocycles. The van der Waals surface area contributed by atoms with E-state index in [-0.39, 0.29) is 24.3 Å². The normalized spacial score (nSPS) is 11.9. The molecule has 0 aliphatic heterocycles. The van der Waals surface area contributed by atoms with Crippen molar-refractivity contribution >= 4 is 23.1 Å². The summed E-state index contributed by atoms with van der Waals surface area (Å²) in [6, 6.07) is 12.3. The number of aromatic nitrogens is 2. The van der Waals surface area contributed by atoms with Gasteiger partial charge in [0, 0.05) is 36.6 Å². The van der Waals surface area contributed by atoms with Crippen molar-refractivity contribution in [2.45, 2.75) is 19.4 Å². The lowest BCUT2D eigenvalue weighted by molar-refractivity contribution is -0.116. The van der Waals surface area contributed by atoms with Crippen molar-refractivity contribution in [3.05, 3.63) is 66.6 Å². The maximum Gasteiger partial charge on any atom is 0.251 e. The molecule has 3 aromatic rings. The Bertz CT molecular complexity index is 858. The van der Waals surface area contributed by atoms with Crippen LogP contribution in [0.1, 0.15) is 23.7 Å². The lowest BCUT2D eigenvalue weighted by atomic mass is 10.1. The van der Waals surface area contributed by atoms with E-state index in [1.165, 1.54) is 0 Å². The first-order valence-electron chi connectivity index (χ1n) is 7.70. The number of pyridine rings is 1. The molecule has 0 unspecified atom stereocenters. The third-order valence-corrected chi connectivity index (χ3v) is 3.58. The topological polar surface area (TPSA) is 75.5 Å². The van der Waals surface area contributed by atoms with Crippen LogP contribution in [-0.2, 0) is 4.79 Å². The average Bonchev–Trinajstić information content (AvgIpc) is 3.03. The number of hydrogen-bond donors (Lipinski definition) is 2. The highest BCUT2D eigenvalue weighted by Crippen LogP contribution is 2.10. The summed E-state index contributed by atoms with van der Waals surface area (Å²) in [6.45, 7) is 1.81. The number of imidazole rings is 1. The largest absolute Gasteiger partial charge is 0.349 e. The van der Waals surface area contributed by atoms with Crippen LogP contribution in [0.15, 0.2) is 61.1 Å². The number of nitrogens with zero attached hydrogens (tertiary/aromatic N) is 2. The number of anilines is 1. The fourth-order valence-electron chi connectivity index (χ4n) is 2.43. The van der Waals surface area contributed by atoms with Gasteiger partial charge in [0.25, 0.3) is 5.91 Å². The minimum atomic E-state index is -0.269. The molecule has 2 N–H and O–H groups in total. The summed E-state index contributed by atoms with van der Waals surface area (Å²) < 4.78 is 1.83. The highest BCUT2D eigenvalue weighted by atomic mass is 16.2. The van der Waals surface area contributed by atoms with Gasteiger partial charge >= 0.3 is 0 Å². The molecular weight excluding hydrogens is 304 g/mol. The molecule has 0 saturated carbocycles. The van der Waals surface area contributed by atoms with Gasteiger partial charge in [-0.2, -0.15) is 0 Å². The lowest BCUT2D eigenvalue weighted by Gasteiger charge is -2.14. The molecule has 1 aromatic carbocycles. The van der Waals surface area contributed by atoms with E-state index in [0.29, 0.717) is 11.3 Å². The first-order chi connectivity index (χ1) is 11.6. The van der Waals surface area contributed by atoms with E-state index < -0.39 is 0 Å². The highest BCUT2D eigenvalue weighted by molar-refractivity contribution is 5.95. The zero-order valence-corrected chi connectivity index (χ0v) is 13.3. The molecule has 1 atom stereocenters. The Balaban J connectivity index is 1.55. The summed E-state index contributed by atoms with van der Waals surface area (Å²) in [5.41, 5.74) is 2.08. The van der Waals surface area contributed by atoms with E-state index in [1.54, 1.807) is 49.6 Å². The standard InChI is InChI=1S/C18H18N4O2/c1-13(20-18(24)14-5-3-2-4-6-14)11-17(23)21-15-7-8-16-19-9-10-22(16)12-15/h2-10,12-13H,11H2,1H3,(H,20,24)(H,21,23)/t13-/m1/s1. The van der Waals surface area contributed by atoms with Crippen molar-refractivity contribution in [2.24, 2.45) is 0 Å². The average molecular weight is 322 g/mol. The number of nitrogens with one attached hydrogen (secondary N) is 2. The Morgan fingerprint density at radius 1 is 1.17 bits per heavy atom. The summed E-state index contributed by atoms with van der Waals surface area (Å²) in [4.78, 5) is 28.3. The summed E-state index contributed by atoms with van der Waals surface area (Å²) in [7, 11) is 0. The summed E-state index contributed by atoms with van der Waals surface area (Å²) in [5, 5.41) is 5.65. The fourth-order valence-corrected chi connectivity index (χ4v) is 2.43. The molecule has 0 radical (unpaired) electrons. The molecule has 24 heavy (non-hydrogen) atoms. The summed E-state index contributed by atoms with van der Waals surface area (Å²) >= 11 is 0. The van der Waals surface area contributed by atoms with Crippen LogP contribution in [-0.4, -0.2) is 27.2 Å². The van der Waals surface area contributed by atoms with Crippen LogP contribution in [0, 0.1) is 0 Å². The van der Waals surface area contributed by atoms with Gasteiger partial charge in [-0.3, -0.25) is 9.59 Å². The Morgan fingerprint density at radius 2 is 1.96 bits per heavy atom. The molecule has 0 aliphatic carbocycles. The smallest absolute Gasteiger partial charge is 0.251 e. The van der Waals surface area contributed by atoms with Gasteiger partial charge in [-0.15, -0.1) is 0 Å². The van der Waals surface area contributed by atoms with Gasteiger partial charge in [0.1, 0.15) is 5.65 Å². The third-order valence-electron chi connectivity index (χ3n) is 3.58. The Kier molecular flexibility index (Phi) is 4.56. The van der Waals surface area contributed by atoms with E-state index in [4.69, 9.17) is 0 Å². The van der Waals surface area contributed by atoms with Crippen molar-refractivity contribution in [3.8, 4) is 0 Å². The summed E-state index contributed by atoms with van der Waals surface area (Å²) in [6.07, 6.45) is 5.50. The van der Waals surface area contributed by atoms with E-state index in [1.807, 2.05) is 22.7 Å². The highest BCUT2D eigenvalue weighted by Gasteiger charge is 2.13. The SMILES string of the molecule is C[C@H](CC(=O)Nc1ccc2nccn2c1)NC(=O)c1ccccc1. The molecule has 6 nitrogen and oxygen atoms in total. The Labute approximate surface area is 139 Å². The molecule has 3 rings (SSSR count). The minimum absolute atomic E-state index is 0.157. The van der Waals surface area contributed by atoms with Crippen LogP contribution < -0.4 is 10.6 Å². The van der Waals surface area contributed by atoms with Gasteiger partial charge in [-0.1, -0.05) is 18.2 Å². The van der Waals surface area contributed by atoms with Gasteiger partial charge in [-0.25, -0.2) is 4.98 Å². The number of carbonyl (C=O) groups is 2. The predicted molar refractivity (Wildman–Crippen MR) is 91.8 cm³/mol. The summed E-state index contributed by atoms with van der Waals surface area (Å²) in [5.74, 6) is -0.342. The first-order valence-corrected chi connectivity index (χ1v) is 7.70. The van der Waals surface area contributed by atoms with E-state index in [9.17, 15) is 9.59 Å². The molecule has 0 saturated heterocycles. The lowest BCUT2D eigenvalue weighted by Crippen LogP contribution is -2.35. The van der Waals surface area contributed by atoms with Crippen molar-refractivity contribution in [2.75, 3.05) is 5.32 Å². The van der Waals surface area contributed by atoms with Crippen LogP contribution in [0.2, 0.25) is 0 Å². The second kappa shape index (κ2) is 6.95. The van der Waals surface area contributed by atoms with Crippen LogP contribution in [0.5, 0.6) is 0 Å².